The van der Waals surface area contributed by atoms with Crippen molar-refractivity contribution in [2.24, 2.45) is 0 Å². The lowest BCUT2D eigenvalue weighted by atomic mass is 10.1. The number of aryl methyl sites for hydroxylation is 1. The molecule has 2 aromatic carbocycles. The van der Waals surface area contributed by atoms with E-state index in [4.69, 9.17) is 0 Å². The number of hydrogen-bond acceptors (Lipinski definition) is 2. The predicted octanol–water partition coefficient (Wildman–Crippen LogP) is 3.15. The highest BCUT2D eigenvalue weighted by atomic mass is 19.1. The maximum absolute atomic E-state index is 12.9. The first-order valence-corrected chi connectivity index (χ1v) is 8.99. The molecule has 1 heterocycles. The fourth-order valence-electron chi connectivity index (χ4n) is 3.26. The smallest absolute Gasteiger partial charge is 0.227 e. The first-order chi connectivity index (χ1) is 12.2. The van der Waals surface area contributed by atoms with Gasteiger partial charge in [0.25, 0.3) is 0 Å². The van der Waals surface area contributed by atoms with Gasteiger partial charge in [0.15, 0.2) is 0 Å². The van der Waals surface area contributed by atoms with E-state index < -0.39 is 0 Å². The second-order valence-electron chi connectivity index (χ2n) is 6.61. The third-order valence-corrected chi connectivity index (χ3v) is 4.78. The Balaban J connectivity index is 1.37. The van der Waals surface area contributed by atoms with Crippen LogP contribution in [0.4, 0.5) is 4.39 Å². The molecule has 3 rings (SSSR count). The van der Waals surface area contributed by atoms with Gasteiger partial charge in [0.05, 0.1) is 6.42 Å². The Morgan fingerprint density at radius 3 is 2.24 bits per heavy atom. The molecule has 0 N–H and O–H groups in total. The number of amides is 1. The molecule has 0 saturated carbocycles. The van der Waals surface area contributed by atoms with E-state index in [1.54, 1.807) is 12.1 Å². The van der Waals surface area contributed by atoms with E-state index in [2.05, 4.69) is 29.2 Å². The van der Waals surface area contributed by atoms with Crippen molar-refractivity contribution >= 4 is 5.91 Å². The summed E-state index contributed by atoms with van der Waals surface area (Å²) in [4.78, 5) is 16.7. The van der Waals surface area contributed by atoms with Crippen LogP contribution in [0, 0.1) is 5.82 Å². The van der Waals surface area contributed by atoms with Crippen molar-refractivity contribution in [3.8, 4) is 0 Å². The summed E-state index contributed by atoms with van der Waals surface area (Å²) < 4.78 is 12.9. The zero-order chi connectivity index (χ0) is 17.5. The van der Waals surface area contributed by atoms with Crippen LogP contribution in [0.2, 0.25) is 0 Å². The summed E-state index contributed by atoms with van der Waals surface area (Å²) in [5.74, 6) is -0.129. The van der Waals surface area contributed by atoms with E-state index in [-0.39, 0.29) is 11.7 Å². The summed E-state index contributed by atoms with van der Waals surface area (Å²) in [6, 6.07) is 16.8. The Bertz CT molecular complexity index is 664. The zero-order valence-electron chi connectivity index (χ0n) is 14.5. The number of carbonyl (C=O) groups is 1. The van der Waals surface area contributed by atoms with Crippen molar-refractivity contribution in [2.75, 3.05) is 32.7 Å². The predicted molar refractivity (Wildman–Crippen MR) is 97.9 cm³/mol. The molecule has 1 aliphatic rings. The Hall–Kier alpha value is -2.20. The van der Waals surface area contributed by atoms with E-state index in [1.807, 2.05) is 11.0 Å². The van der Waals surface area contributed by atoms with Gasteiger partial charge in [0.2, 0.25) is 5.91 Å². The first-order valence-electron chi connectivity index (χ1n) is 8.99. The molecule has 1 aliphatic heterocycles. The average molecular weight is 340 g/mol. The summed E-state index contributed by atoms with van der Waals surface area (Å²) in [6.45, 7) is 4.51. The minimum absolute atomic E-state index is 0.135. The molecule has 132 valence electrons. The van der Waals surface area contributed by atoms with Crippen LogP contribution in [0.3, 0.4) is 0 Å². The average Bonchev–Trinajstić information content (AvgIpc) is 2.65. The highest BCUT2D eigenvalue weighted by Crippen LogP contribution is 2.10. The van der Waals surface area contributed by atoms with Crippen molar-refractivity contribution in [1.29, 1.82) is 0 Å². The lowest BCUT2D eigenvalue weighted by molar-refractivity contribution is -0.132. The normalized spacial score (nSPS) is 15.3. The molecule has 1 saturated heterocycles. The van der Waals surface area contributed by atoms with Crippen molar-refractivity contribution in [3.05, 3.63) is 71.5 Å². The van der Waals surface area contributed by atoms with E-state index >= 15 is 0 Å². The summed E-state index contributed by atoms with van der Waals surface area (Å²) >= 11 is 0. The molecule has 25 heavy (non-hydrogen) atoms. The molecule has 1 fully saturated rings. The number of piperazine rings is 1. The summed E-state index contributed by atoms with van der Waals surface area (Å²) in [5, 5.41) is 0. The molecule has 0 aromatic heterocycles. The van der Waals surface area contributed by atoms with E-state index in [9.17, 15) is 9.18 Å². The van der Waals surface area contributed by atoms with Gasteiger partial charge in [0.1, 0.15) is 5.82 Å². The van der Waals surface area contributed by atoms with Gasteiger partial charge in [-0.2, -0.15) is 0 Å². The zero-order valence-corrected chi connectivity index (χ0v) is 14.5. The number of halogens is 1. The van der Waals surface area contributed by atoms with Gasteiger partial charge >= 0.3 is 0 Å². The van der Waals surface area contributed by atoms with Gasteiger partial charge < -0.3 is 4.90 Å². The minimum Gasteiger partial charge on any atom is -0.340 e. The highest BCUT2D eigenvalue weighted by molar-refractivity contribution is 5.78. The number of rotatable bonds is 6. The van der Waals surface area contributed by atoms with Gasteiger partial charge in [-0.05, 0) is 42.6 Å². The molecule has 4 heteroatoms. The monoisotopic (exact) mass is 340 g/mol. The number of hydrogen-bond donors (Lipinski definition) is 0. The third kappa shape index (κ3) is 5.40. The lowest BCUT2D eigenvalue weighted by Crippen LogP contribution is -2.49. The van der Waals surface area contributed by atoms with Crippen LogP contribution >= 0.6 is 0 Å². The number of nitrogens with zero attached hydrogens (tertiary/aromatic N) is 2. The molecule has 0 atom stereocenters. The van der Waals surface area contributed by atoms with Crippen molar-refractivity contribution in [2.45, 2.75) is 19.3 Å². The van der Waals surface area contributed by atoms with Gasteiger partial charge in [0, 0.05) is 26.2 Å². The highest BCUT2D eigenvalue weighted by Gasteiger charge is 2.20. The summed E-state index contributed by atoms with van der Waals surface area (Å²) in [6.07, 6.45) is 2.60. The van der Waals surface area contributed by atoms with Crippen LogP contribution in [0.5, 0.6) is 0 Å². The second-order valence-corrected chi connectivity index (χ2v) is 6.61. The molecule has 0 aliphatic carbocycles. The molecule has 0 unspecified atom stereocenters. The molecule has 0 radical (unpaired) electrons. The number of carbonyl (C=O) groups excluding carboxylic acids is 1. The van der Waals surface area contributed by atoms with Crippen LogP contribution in [-0.4, -0.2) is 48.4 Å². The Labute approximate surface area is 149 Å². The van der Waals surface area contributed by atoms with E-state index in [1.165, 1.54) is 17.7 Å². The largest absolute Gasteiger partial charge is 0.340 e. The van der Waals surface area contributed by atoms with Crippen molar-refractivity contribution in [1.82, 2.24) is 9.80 Å². The minimum atomic E-state index is -0.264. The number of benzene rings is 2. The van der Waals surface area contributed by atoms with E-state index in [0.717, 1.165) is 51.1 Å². The van der Waals surface area contributed by atoms with Crippen molar-refractivity contribution in [3.63, 3.8) is 0 Å². The maximum atomic E-state index is 12.9. The fraction of sp³-hybridized carbons (Fsp3) is 0.381. The van der Waals surface area contributed by atoms with Crippen LogP contribution in [-0.2, 0) is 17.6 Å². The standard InChI is InChI=1S/C21H25FN2O/c22-20-10-8-19(9-11-20)17-21(25)24-15-13-23(14-16-24)12-4-7-18-5-2-1-3-6-18/h1-3,5-6,8-11H,4,7,12-17H2. The second kappa shape index (κ2) is 8.77. The molecule has 1 amide bonds. The van der Waals surface area contributed by atoms with Crippen LogP contribution in [0.1, 0.15) is 17.5 Å². The van der Waals surface area contributed by atoms with E-state index in [0.29, 0.717) is 6.42 Å². The Morgan fingerprint density at radius 1 is 0.880 bits per heavy atom. The Kier molecular flexibility index (Phi) is 6.18. The molecule has 2 aromatic rings. The topological polar surface area (TPSA) is 23.6 Å². The summed E-state index contributed by atoms with van der Waals surface area (Å²) in [7, 11) is 0. The van der Waals surface area contributed by atoms with Gasteiger partial charge in [-0.15, -0.1) is 0 Å². The quantitative estimate of drug-likeness (QED) is 0.806. The van der Waals surface area contributed by atoms with Crippen LogP contribution in [0.15, 0.2) is 54.6 Å². The molecule has 3 nitrogen and oxygen atoms in total. The van der Waals surface area contributed by atoms with Crippen molar-refractivity contribution < 1.29 is 9.18 Å². The molecule has 0 spiro atoms. The molecule has 0 bridgehead atoms. The summed E-state index contributed by atoms with van der Waals surface area (Å²) in [5.41, 5.74) is 2.26. The first kappa shape index (κ1) is 17.6. The van der Waals surface area contributed by atoms with Gasteiger partial charge in [-0.1, -0.05) is 42.5 Å². The lowest BCUT2D eigenvalue weighted by Gasteiger charge is -2.34. The fourth-order valence-corrected chi connectivity index (χ4v) is 3.26. The van der Waals surface area contributed by atoms with Gasteiger partial charge in [-0.3, -0.25) is 9.69 Å². The Morgan fingerprint density at radius 2 is 1.56 bits per heavy atom. The SMILES string of the molecule is O=C(Cc1ccc(F)cc1)N1CCN(CCCc2ccccc2)CC1. The molecular weight excluding hydrogens is 315 g/mol. The van der Waals surface area contributed by atoms with Crippen LogP contribution < -0.4 is 0 Å². The van der Waals surface area contributed by atoms with Crippen LogP contribution in [0.25, 0.3) is 0 Å². The maximum Gasteiger partial charge on any atom is 0.227 e. The molecular formula is C21H25FN2O. The van der Waals surface area contributed by atoms with Gasteiger partial charge in [-0.25, -0.2) is 4.39 Å². The third-order valence-electron chi connectivity index (χ3n) is 4.78.